The number of para-hydroxylation sites is 1. The molecule has 0 unspecified atom stereocenters. The number of carbonyl (C=O) groups is 2. The summed E-state index contributed by atoms with van der Waals surface area (Å²) < 4.78 is 5.02. The Bertz CT molecular complexity index is 619. The van der Waals surface area contributed by atoms with E-state index in [-0.39, 0.29) is 5.75 Å². The van der Waals surface area contributed by atoms with Crippen molar-refractivity contribution < 1.29 is 19.4 Å². The molecule has 114 valence electrons. The molecule has 0 spiro atoms. The Morgan fingerprint density at radius 2 is 1.64 bits per heavy atom. The molecule has 0 heterocycles. The average molecular weight is 317 g/mol. The van der Waals surface area contributed by atoms with Gasteiger partial charge in [0.25, 0.3) is 0 Å². The number of carboxylic acids is 1. The van der Waals surface area contributed by atoms with E-state index in [0.29, 0.717) is 5.75 Å². The molecule has 2 aromatic carbocycles. The summed E-state index contributed by atoms with van der Waals surface area (Å²) in [6.45, 7) is 0. The third-order valence-electron chi connectivity index (χ3n) is 2.70. The van der Waals surface area contributed by atoms with Crippen LogP contribution in [0.25, 0.3) is 0 Å². The second-order valence-electron chi connectivity index (χ2n) is 4.36. The van der Waals surface area contributed by atoms with Gasteiger partial charge < -0.3 is 15.2 Å². The number of aliphatic carboxylic acids is 1. The van der Waals surface area contributed by atoms with Crippen molar-refractivity contribution in [1.29, 1.82) is 0 Å². The first-order chi connectivity index (χ1) is 10.6. The van der Waals surface area contributed by atoms with Crippen LogP contribution in [0.5, 0.6) is 5.75 Å². The molecule has 22 heavy (non-hydrogen) atoms. The van der Waals surface area contributed by atoms with Gasteiger partial charge in [0, 0.05) is 10.6 Å². The standard InChI is InChI=1S/C16H15NO4S/c18-15(19)14(11-22-13-9-5-2-6-10-13)17-16(20)21-12-7-3-1-4-8-12/h1-10,14H,11H2,(H,17,20)(H,18,19)/t14-/m0/s1. The van der Waals surface area contributed by atoms with E-state index in [1.54, 1.807) is 30.3 Å². The molecule has 0 fully saturated rings. The lowest BCUT2D eigenvalue weighted by Crippen LogP contribution is -2.43. The van der Waals surface area contributed by atoms with Crippen LogP contribution in [0.15, 0.2) is 65.6 Å². The molecule has 6 heteroatoms. The third kappa shape index (κ3) is 5.14. The van der Waals surface area contributed by atoms with E-state index in [0.717, 1.165) is 4.90 Å². The second kappa shape index (κ2) is 8.09. The van der Waals surface area contributed by atoms with Gasteiger partial charge in [0.1, 0.15) is 11.8 Å². The summed E-state index contributed by atoms with van der Waals surface area (Å²) in [4.78, 5) is 23.9. The van der Waals surface area contributed by atoms with Gasteiger partial charge in [0.05, 0.1) is 0 Å². The molecule has 2 N–H and O–H groups in total. The van der Waals surface area contributed by atoms with Crippen LogP contribution < -0.4 is 10.1 Å². The maximum absolute atomic E-state index is 11.7. The summed E-state index contributed by atoms with van der Waals surface area (Å²) in [6.07, 6.45) is -0.785. The first-order valence-electron chi connectivity index (χ1n) is 6.59. The third-order valence-corrected chi connectivity index (χ3v) is 3.81. The fourth-order valence-corrected chi connectivity index (χ4v) is 2.57. The van der Waals surface area contributed by atoms with Gasteiger partial charge in [-0.2, -0.15) is 0 Å². The Hall–Kier alpha value is -2.47. The molecule has 1 amide bonds. The van der Waals surface area contributed by atoms with Crippen molar-refractivity contribution in [3.8, 4) is 5.75 Å². The number of benzene rings is 2. The summed E-state index contributed by atoms with van der Waals surface area (Å²) in [6, 6.07) is 16.8. The van der Waals surface area contributed by atoms with Crippen LogP contribution in [0.1, 0.15) is 0 Å². The number of ether oxygens (including phenoxy) is 1. The summed E-state index contributed by atoms with van der Waals surface area (Å²) in [5.41, 5.74) is 0. The maximum Gasteiger partial charge on any atom is 0.413 e. The van der Waals surface area contributed by atoms with Gasteiger partial charge in [0.2, 0.25) is 0 Å². The maximum atomic E-state index is 11.7. The summed E-state index contributed by atoms with van der Waals surface area (Å²) in [5.74, 6) is -0.531. The lowest BCUT2D eigenvalue weighted by molar-refractivity contribution is -0.138. The lowest BCUT2D eigenvalue weighted by atomic mass is 10.3. The topological polar surface area (TPSA) is 75.6 Å². The highest BCUT2D eigenvalue weighted by Crippen LogP contribution is 2.18. The summed E-state index contributed by atoms with van der Waals surface area (Å²) >= 11 is 1.35. The number of nitrogens with one attached hydrogen (secondary N) is 1. The van der Waals surface area contributed by atoms with E-state index < -0.39 is 18.1 Å². The molecule has 0 aliphatic rings. The van der Waals surface area contributed by atoms with Gasteiger partial charge in [-0.25, -0.2) is 9.59 Å². The monoisotopic (exact) mass is 317 g/mol. The number of carbonyl (C=O) groups excluding carboxylic acids is 1. The first-order valence-corrected chi connectivity index (χ1v) is 7.58. The summed E-state index contributed by atoms with van der Waals surface area (Å²) in [5, 5.41) is 11.5. The molecular formula is C16H15NO4S. The molecule has 2 aromatic rings. The molecule has 0 bridgehead atoms. The average Bonchev–Trinajstić information content (AvgIpc) is 2.53. The fourth-order valence-electron chi connectivity index (χ4n) is 1.64. The molecule has 0 radical (unpaired) electrons. The quantitative estimate of drug-likeness (QED) is 0.801. The highest BCUT2D eigenvalue weighted by atomic mass is 32.2. The van der Waals surface area contributed by atoms with E-state index in [4.69, 9.17) is 4.74 Å². The predicted octanol–water partition coefficient (Wildman–Crippen LogP) is 3.02. The first kappa shape index (κ1) is 15.9. The van der Waals surface area contributed by atoms with Crippen LogP contribution in [0, 0.1) is 0 Å². The van der Waals surface area contributed by atoms with Crippen molar-refractivity contribution in [3.05, 3.63) is 60.7 Å². The lowest BCUT2D eigenvalue weighted by Gasteiger charge is -2.14. The number of carboxylic acid groups (broad SMARTS) is 1. The summed E-state index contributed by atoms with van der Waals surface area (Å²) in [7, 11) is 0. The molecule has 2 rings (SSSR count). The zero-order valence-corrected chi connectivity index (χ0v) is 12.5. The van der Waals surface area contributed by atoms with Crippen LogP contribution in [0.4, 0.5) is 4.79 Å². The van der Waals surface area contributed by atoms with E-state index in [1.807, 2.05) is 30.3 Å². The largest absolute Gasteiger partial charge is 0.480 e. The van der Waals surface area contributed by atoms with Gasteiger partial charge in [-0.1, -0.05) is 36.4 Å². The van der Waals surface area contributed by atoms with Crippen molar-refractivity contribution in [1.82, 2.24) is 5.32 Å². The highest BCUT2D eigenvalue weighted by Gasteiger charge is 2.21. The van der Waals surface area contributed by atoms with E-state index in [1.165, 1.54) is 11.8 Å². The number of thioether (sulfide) groups is 1. The molecule has 5 nitrogen and oxygen atoms in total. The van der Waals surface area contributed by atoms with Crippen molar-refractivity contribution in [2.75, 3.05) is 5.75 Å². The van der Waals surface area contributed by atoms with E-state index in [9.17, 15) is 14.7 Å². The highest BCUT2D eigenvalue weighted by molar-refractivity contribution is 7.99. The van der Waals surface area contributed by atoms with Gasteiger partial charge in [0.15, 0.2) is 0 Å². The Kier molecular flexibility index (Phi) is 5.85. The molecule has 0 aliphatic heterocycles. The minimum absolute atomic E-state index is 0.212. The van der Waals surface area contributed by atoms with Crippen molar-refractivity contribution in [3.63, 3.8) is 0 Å². The van der Waals surface area contributed by atoms with Crippen LogP contribution in [-0.2, 0) is 4.79 Å². The van der Waals surface area contributed by atoms with Crippen molar-refractivity contribution >= 4 is 23.8 Å². The Morgan fingerprint density at radius 3 is 2.23 bits per heavy atom. The van der Waals surface area contributed by atoms with Crippen molar-refractivity contribution in [2.45, 2.75) is 10.9 Å². The molecule has 0 aliphatic carbocycles. The normalized spacial score (nSPS) is 11.5. The van der Waals surface area contributed by atoms with Crippen LogP contribution >= 0.6 is 11.8 Å². The zero-order chi connectivity index (χ0) is 15.8. The van der Waals surface area contributed by atoms with Crippen LogP contribution in [0.2, 0.25) is 0 Å². The number of hydrogen-bond donors (Lipinski definition) is 2. The van der Waals surface area contributed by atoms with Crippen molar-refractivity contribution in [2.24, 2.45) is 0 Å². The Morgan fingerprint density at radius 1 is 1.05 bits per heavy atom. The van der Waals surface area contributed by atoms with Gasteiger partial charge >= 0.3 is 12.1 Å². The van der Waals surface area contributed by atoms with Gasteiger partial charge in [-0.3, -0.25) is 0 Å². The second-order valence-corrected chi connectivity index (χ2v) is 5.46. The van der Waals surface area contributed by atoms with E-state index >= 15 is 0 Å². The molecule has 1 atom stereocenters. The predicted molar refractivity (Wildman–Crippen MR) is 84.2 cm³/mol. The smallest absolute Gasteiger partial charge is 0.413 e. The SMILES string of the molecule is O=C(N[C@@H](CSc1ccccc1)C(=O)O)Oc1ccccc1. The molecule has 0 aromatic heterocycles. The number of amides is 1. The Labute approximate surface area is 132 Å². The minimum Gasteiger partial charge on any atom is -0.480 e. The minimum atomic E-state index is -1.10. The van der Waals surface area contributed by atoms with Crippen LogP contribution in [0.3, 0.4) is 0 Å². The molecular weight excluding hydrogens is 302 g/mol. The molecule has 0 saturated carbocycles. The molecule has 0 saturated heterocycles. The number of rotatable bonds is 6. The van der Waals surface area contributed by atoms with Crippen LogP contribution in [-0.4, -0.2) is 29.0 Å². The zero-order valence-electron chi connectivity index (χ0n) is 11.6. The fraction of sp³-hybridized carbons (Fsp3) is 0.125. The van der Waals surface area contributed by atoms with Gasteiger partial charge in [-0.05, 0) is 24.3 Å². The number of hydrogen-bond acceptors (Lipinski definition) is 4. The van der Waals surface area contributed by atoms with E-state index in [2.05, 4.69) is 5.32 Å². The van der Waals surface area contributed by atoms with Gasteiger partial charge in [-0.15, -0.1) is 11.8 Å². The Balaban J connectivity index is 1.88.